The summed E-state index contributed by atoms with van der Waals surface area (Å²) in [5, 5.41) is 2.04. The van der Waals surface area contributed by atoms with Gasteiger partial charge in [-0.05, 0) is 48.1 Å². The molecule has 0 radical (unpaired) electrons. The molecule has 176 valence electrons. The number of hydrogen-bond donors (Lipinski definition) is 0. The Kier molecular flexibility index (Phi) is 6.91. The van der Waals surface area contributed by atoms with Gasteiger partial charge >= 0.3 is 0 Å². The highest BCUT2D eigenvalue weighted by Gasteiger charge is 2.33. The van der Waals surface area contributed by atoms with Crippen LogP contribution in [0.2, 0.25) is 0 Å². The minimum atomic E-state index is -0.116. The molecule has 0 aromatic heterocycles. The van der Waals surface area contributed by atoms with E-state index in [0.29, 0.717) is 19.7 Å². The maximum atomic E-state index is 13.4. The number of benzene rings is 3. The van der Waals surface area contributed by atoms with Gasteiger partial charge in [-0.1, -0.05) is 66.7 Å². The topological polar surface area (TPSA) is 49.9 Å². The van der Waals surface area contributed by atoms with Crippen molar-refractivity contribution >= 4 is 22.6 Å². The first-order chi connectivity index (χ1) is 16.7. The number of carbonyl (C=O) groups excluding carboxylic acids is 2. The highest BCUT2D eigenvalue weighted by atomic mass is 16.5. The van der Waals surface area contributed by atoms with E-state index in [0.717, 1.165) is 55.1 Å². The molecule has 0 spiro atoms. The Morgan fingerprint density at radius 3 is 2.35 bits per heavy atom. The number of ether oxygens (including phenoxy) is 1. The average Bonchev–Trinajstić information content (AvgIpc) is 2.92. The second-order valence-corrected chi connectivity index (χ2v) is 9.44. The van der Waals surface area contributed by atoms with Gasteiger partial charge in [-0.2, -0.15) is 0 Å². The van der Waals surface area contributed by atoms with E-state index in [-0.39, 0.29) is 23.8 Å². The van der Waals surface area contributed by atoms with Crippen molar-refractivity contribution in [2.45, 2.75) is 38.4 Å². The molecule has 1 atom stereocenters. The standard InChI is InChI=1S/C29H32N2O3/c32-28(30-18-15-25(16-19-30)34-21-22-8-2-1-3-9-22)24-12-7-17-31(20-24)29(33)27-14-6-11-23-10-4-5-13-26(23)27/h1-6,8-11,13-14,24-25H,7,12,15-21H2/t24-/m0/s1. The molecule has 2 saturated heterocycles. The fraction of sp³-hybridized carbons (Fsp3) is 0.379. The minimum Gasteiger partial charge on any atom is -0.373 e. The maximum Gasteiger partial charge on any atom is 0.254 e. The molecule has 0 aliphatic carbocycles. The van der Waals surface area contributed by atoms with Crippen molar-refractivity contribution in [3.05, 3.63) is 83.9 Å². The number of nitrogens with zero attached hydrogens (tertiary/aromatic N) is 2. The smallest absolute Gasteiger partial charge is 0.254 e. The van der Waals surface area contributed by atoms with E-state index in [1.165, 1.54) is 5.56 Å². The molecule has 0 N–H and O–H groups in total. The van der Waals surface area contributed by atoms with Gasteiger partial charge in [-0.3, -0.25) is 9.59 Å². The Balaban J connectivity index is 1.16. The highest BCUT2D eigenvalue weighted by Crippen LogP contribution is 2.26. The van der Waals surface area contributed by atoms with E-state index in [1.807, 2.05) is 70.5 Å². The second-order valence-electron chi connectivity index (χ2n) is 9.44. The van der Waals surface area contributed by atoms with Gasteiger partial charge < -0.3 is 14.5 Å². The fourth-order valence-corrected chi connectivity index (χ4v) is 5.23. The first-order valence-corrected chi connectivity index (χ1v) is 12.4. The summed E-state index contributed by atoms with van der Waals surface area (Å²) in [6, 6.07) is 24.1. The van der Waals surface area contributed by atoms with Crippen molar-refractivity contribution in [3.63, 3.8) is 0 Å². The number of rotatable bonds is 5. The molecule has 5 heteroatoms. The van der Waals surface area contributed by atoms with Crippen LogP contribution >= 0.6 is 0 Å². The van der Waals surface area contributed by atoms with Gasteiger partial charge in [-0.15, -0.1) is 0 Å². The van der Waals surface area contributed by atoms with E-state index in [1.54, 1.807) is 0 Å². The molecule has 3 aromatic carbocycles. The van der Waals surface area contributed by atoms with Crippen LogP contribution in [0.5, 0.6) is 0 Å². The molecular weight excluding hydrogens is 424 g/mol. The summed E-state index contributed by atoms with van der Waals surface area (Å²) in [6.45, 7) is 3.29. The molecule has 34 heavy (non-hydrogen) atoms. The lowest BCUT2D eigenvalue weighted by Crippen LogP contribution is -2.49. The number of piperidine rings is 2. The molecule has 0 unspecified atom stereocenters. The molecule has 2 aliphatic rings. The lowest BCUT2D eigenvalue weighted by atomic mass is 9.94. The zero-order valence-corrected chi connectivity index (χ0v) is 19.6. The second kappa shape index (κ2) is 10.4. The van der Waals surface area contributed by atoms with Crippen LogP contribution in [0.3, 0.4) is 0 Å². The number of amides is 2. The van der Waals surface area contributed by atoms with E-state index in [4.69, 9.17) is 4.74 Å². The summed E-state index contributed by atoms with van der Waals surface area (Å²) < 4.78 is 6.08. The van der Waals surface area contributed by atoms with Crippen molar-refractivity contribution in [2.24, 2.45) is 5.92 Å². The number of likely N-dealkylation sites (tertiary alicyclic amines) is 2. The minimum absolute atomic E-state index is 0.0299. The molecular formula is C29H32N2O3. The Hall–Kier alpha value is -3.18. The number of carbonyl (C=O) groups is 2. The lowest BCUT2D eigenvalue weighted by Gasteiger charge is -2.38. The molecule has 3 aromatic rings. The molecule has 0 bridgehead atoms. The Bertz CT molecular complexity index is 1130. The number of fused-ring (bicyclic) bond motifs is 1. The summed E-state index contributed by atoms with van der Waals surface area (Å²) in [6.07, 6.45) is 3.64. The third-order valence-electron chi connectivity index (χ3n) is 7.16. The van der Waals surface area contributed by atoms with Crippen LogP contribution in [-0.2, 0) is 16.1 Å². The first kappa shape index (κ1) is 22.6. The van der Waals surface area contributed by atoms with Gasteiger partial charge in [-0.25, -0.2) is 0 Å². The lowest BCUT2D eigenvalue weighted by molar-refractivity contribution is -0.139. The summed E-state index contributed by atoms with van der Waals surface area (Å²) in [5.74, 6) is 0.105. The van der Waals surface area contributed by atoms with E-state index in [9.17, 15) is 9.59 Å². The van der Waals surface area contributed by atoms with Crippen LogP contribution in [-0.4, -0.2) is 53.9 Å². The molecule has 2 heterocycles. The fourth-order valence-electron chi connectivity index (χ4n) is 5.23. The van der Waals surface area contributed by atoms with Crippen LogP contribution in [0.25, 0.3) is 10.8 Å². The Morgan fingerprint density at radius 1 is 0.794 bits per heavy atom. The van der Waals surface area contributed by atoms with Gasteiger partial charge in [0, 0.05) is 31.7 Å². The summed E-state index contributed by atoms with van der Waals surface area (Å²) in [7, 11) is 0. The summed E-state index contributed by atoms with van der Waals surface area (Å²) >= 11 is 0. The van der Waals surface area contributed by atoms with Crippen LogP contribution in [0.15, 0.2) is 72.8 Å². The molecule has 2 fully saturated rings. The normalized spacial score (nSPS) is 19.4. The molecule has 2 aliphatic heterocycles. The largest absolute Gasteiger partial charge is 0.373 e. The first-order valence-electron chi connectivity index (χ1n) is 12.4. The molecule has 0 saturated carbocycles. The Morgan fingerprint density at radius 2 is 1.53 bits per heavy atom. The predicted octanol–water partition coefficient (Wildman–Crippen LogP) is 4.90. The van der Waals surface area contributed by atoms with Gasteiger partial charge in [0.15, 0.2) is 0 Å². The van der Waals surface area contributed by atoms with Crippen molar-refractivity contribution in [1.29, 1.82) is 0 Å². The highest BCUT2D eigenvalue weighted by molar-refractivity contribution is 6.07. The van der Waals surface area contributed by atoms with Crippen molar-refractivity contribution in [2.75, 3.05) is 26.2 Å². The quantitative estimate of drug-likeness (QED) is 0.549. The molecule has 5 nitrogen and oxygen atoms in total. The van der Waals surface area contributed by atoms with Crippen LogP contribution in [0.1, 0.15) is 41.6 Å². The van der Waals surface area contributed by atoms with Crippen molar-refractivity contribution in [1.82, 2.24) is 9.80 Å². The predicted molar refractivity (Wildman–Crippen MR) is 133 cm³/mol. The SMILES string of the molecule is O=C(c1cccc2ccccc12)N1CCC[C@H](C(=O)N2CCC(OCc3ccccc3)CC2)C1. The summed E-state index contributed by atoms with van der Waals surface area (Å²) in [5.41, 5.74) is 1.90. The van der Waals surface area contributed by atoms with E-state index >= 15 is 0 Å². The van der Waals surface area contributed by atoms with Gasteiger partial charge in [0.1, 0.15) is 0 Å². The molecule has 5 rings (SSSR count). The van der Waals surface area contributed by atoms with Crippen LogP contribution in [0, 0.1) is 5.92 Å². The third kappa shape index (κ3) is 5.00. The average molecular weight is 457 g/mol. The third-order valence-corrected chi connectivity index (χ3v) is 7.16. The Labute approximate surface area is 201 Å². The monoisotopic (exact) mass is 456 g/mol. The zero-order chi connectivity index (χ0) is 23.3. The zero-order valence-electron chi connectivity index (χ0n) is 19.6. The summed E-state index contributed by atoms with van der Waals surface area (Å²) in [4.78, 5) is 30.5. The van der Waals surface area contributed by atoms with Crippen molar-refractivity contribution < 1.29 is 14.3 Å². The van der Waals surface area contributed by atoms with Crippen LogP contribution < -0.4 is 0 Å². The van der Waals surface area contributed by atoms with E-state index < -0.39 is 0 Å². The molecule has 2 amide bonds. The van der Waals surface area contributed by atoms with Crippen LogP contribution in [0.4, 0.5) is 0 Å². The maximum absolute atomic E-state index is 13.4. The van der Waals surface area contributed by atoms with Gasteiger partial charge in [0.25, 0.3) is 5.91 Å². The van der Waals surface area contributed by atoms with E-state index in [2.05, 4.69) is 12.1 Å². The number of hydrogen-bond acceptors (Lipinski definition) is 3. The van der Waals surface area contributed by atoms with Gasteiger partial charge in [0.05, 0.1) is 18.6 Å². The van der Waals surface area contributed by atoms with Crippen molar-refractivity contribution in [3.8, 4) is 0 Å². The van der Waals surface area contributed by atoms with Gasteiger partial charge in [0.2, 0.25) is 5.91 Å².